The van der Waals surface area contributed by atoms with Gasteiger partial charge < -0.3 is 9.64 Å². The summed E-state index contributed by atoms with van der Waals surface area (Å²) in [4.78, 5) is 15.3. The van der Waals surface area contributed by atoms with Crippen molar-refractivity contribution >= 4 is 21.6 Å². The van der Waals surface area contributed by atoms with Crippen molar-refractivity contribution in [3.8, 4) is 5.75 Å². The van der Waals surface area contributed by atoms with Crippen LogP contribution in [0, 0.1) is 5.92 Å². The lowest BCUT2D eigenvalue weighted by molar-refractivity contribution is 0.0722. The number of methoxy groups -OCH3 is 1. The van der Waals surface area contributed by atoms with Gasteiger partial charge in [-0.3, -0.25) is 9.10 Å². The number of rotatable bonds is 10. The molecule has 0 spiro atoms. The lowest BCUT2D eigenvalue weighted by Gasteiger charge is -2.26. The second-order valence-electron chi connectivity index (χ2n) is 9.31. The summed E-state index contributed by atoms with van der Waals surface area (Å²) in [6.07, 6.45) is 2.00. The molecule has 184 valence electrons. The van der Waals surface area contributed by atoms with Crippen LogP contribution < -0.4 is 9.04 Å². The highest BCUT2D eigenvalue weighted by Crippen LogP contribution is 2.31. The molecule has 0 aromatic heterocycles. The molecule has 1 aliphatic carbocycles. The van der Waals surface area contributed by atoms with Crippen molar-refractivity contribution in [3.05, 3.63) is 90.0 Å². The fraction of sp³-hybridized carbons (Fsp3) is 0.321. The topological polar surface area (TPSA) is 66.9 Å². The Kier molecular flexibility index (Phi) is 7.45. The number of carbonyl (C=O) groups is 1. The van der Waals surface area contributed by atoms with Crippen molar-refractivity contribution in [1.29, 1.82) is 0 Å². The Morgan fingerprint density at radius 2 is 1.66 bits per heavy atom. The average Bonchev–Trinajstić information content (AvgIpc) is 3.71. The molecule has 3 aromatic carbocycles. The van der Waals surface area contributed by atoms with E-state index in [1.54, 1.807) is 49.6 Å². The summed E-state index contributed by atoms with van der Waals surface area (Å²) in [5.74, 6) is 0.865. The molecule has 7 heteroatoms. The number of nitrogens with zero attached hydrogens (tertiary/aromatic N) is 2. The molecule has 0 bridgehead atoms. The van der Waals surface area contributed by atoms with Crippen molar-refractivity contribution in [2.45, 2.75) is 44.2 Å². The fourth-order valence-corrected chi connectivity index (χ4v) is 5.57. The Morgan fingerprint density at radius 1 is 0.971 bits per heavy atom. The Bertz CT molecular complexity index is 1250. The van der Waals surface area contributed by atoms with Crippen LogP contribution in [0.2, 0.25) is 0 Å². The summed E-state index contributed by atoms with van der Waals surface area (Å²) in [5, 5.41) is 0. The second-order valence-corrected chi connectivity index (χ2v) is 11.2. The predicted octanol–water partition coefficient (Wildman–Crippen LogP) is 5.35. The molecule has 0 saturated heterocycles. The van der Waals surface area contributed by atoms with Crippen molar-refractivity contribution in [3.63, 3.8) is 0 Å². The molecule has 1 aliphatic rings. The number of hydrogen-bond donors (Lipinski definition) is 0. The minimum Gasteiger partial charge on any atom is -0.497 e. The van der Waals surface area contributed by atoms with Gasteiger partial charge >= 0.3 is 0 Å². The number of anilines is 1. The summed E-state index contributed by atoms with van der Waals surface area (Å²) >= 11 is 0. The monoisotopic (exact) mass is 492 g/mol. The number of benzene rings is 3. The highest BCUT2D eigenvalue weighted by atomic mass is 32.2. The molecule has 1 fully saturated rings. The Morgan fingerprint density at radius 3 is 2.26 bits per heavy atom. The zero-order valence-electron chi connectivity index (χ0n) is 20.4. The number of amides is 1. The Hall–Kier alpha value is -3.32. The van der Waals surface area contributed by atoms with Crippen LogP contribution in [0.15, 0.2) is 83.8 Å². The Labute approximate surface area is 208 Å². The fourth-order valence-electron chi connectivity index (χ4n) is 4.07. The summed E-state index contributed by atoms with van der Waals surface area (Å²) in [5.41, 5.74) is 1.77. The van der Waals surface area contributed by atoms with Gasteiger partial charge in [-0.05, 0) is 66.8 Å². The van der Waals surface area contributed by atoms with Gasteiger partial charge in [0.15, 0.2) is 0 Å². The number of hydrogen-bond acceptors (Lipinski definition) is 4. The number of sulfonamides is 1. The molecule has 4 rings (SSSR count). The third-order valence-corrected chi connectivity index (χ3v) is 7.78. The maximum atomic E-state index is 13.9. The molecule has 1 saturated carbocycles. The van der Waals surface area contributed by atoms with Crippen molar-refractivity contribution in [2.75, 3.05) is 18.0 Å². The SMILES string of the molecule is COc1ccc(N(Cc2ccccc2)S(=O)(=O)c2cccc(C(=O)N(CC(C)C)C3CC3)c2)cc1. The van der Waals surface area contributed by atoms with Gasteiger partial charge in [0.1, 0.15) is 5.75 Å². The van der Waals surface area contributed by atoms with E-state index in [-0.39, 0.29) is 23.4 Å². The first-order valence-corrected chi connectivity index (χ1v) is 13.4. The largest absolute Gasteiger partial charge is 0.497 e. The molecule has 0 unspecified atom stereocenters. The molecule has 1 amide bonds. The van der Waals surface area contributed by atoms with E-state index in [0.29, 0.717) is 29.5 Å². The second kappa shape index (κ2) is 10.5. The van der Waals surface area contributed by atoms with Crippen LogP contribution in [0.1, 0.15) is 42.6 Å². The normalized spacial score (nSPS) is 13.5. The summed E-state index contributed by atoms with van der Waals surface area (Å²) < 4.78 is 34.5. The van der Waals surface area contributed by atoms with Crippen LogP contribution in [0.3, 0.4) is 0 Å². The van der Waals surface area contributed by atoms with E-state index in [9.17, 15) is 13.2 Å². The van der Waals surface area contributed by atoms with Crippen LogP contribution in [0.25, 0.3) is 0 Å². The van der Waals surface area contributed by atoms with Crippen LogP contribution in [0.5, 0.6) is 5.75 Å². The lowest BCUT2D eigenvalue weighted by Crippen LogP contribution is -2.36. The lowest BCUT2D eigenvalue weighted by atomic mass is 10.1. The van der Waals surface area contributed by atoms with E-state index in [0.717, 1.165) is 18.4 Å². The summed E-state index contributed by atoms with van der Waals surface area (Å²) in [7, 11) is -2.39. The van der Waals surface area contributed by atoms with Gasteiger partial charge in [-0.15, -0.1) is 0 Å². The summed E-state index contributed by atoms with van der Waals surface area (Å²) in [6, 6.07) is 23.0. The van der Waals surface area contributed by atoms with Crippen LogP contribution in [-0.4, -0.2) is 38.9 Å². The molecular formula is C28H32N2O4S. The van der Waals surface area contributed by atoms with E-state index >= 15 is 0 Å². The minimum absolute atomic E-state index is 0.0930. The zero-order chi connectivity index (χ0) is 25.0. The average molecular weight is 493 g/mol. The van der Waals surface area contributed by atoms with Crippen molar-refractivity contribution < 1.29 is 17.9 Å². The first kappa shape index (κ1) is 24.8. The molecule has 0 N–H and O–H groups in total. The van der Waals surface area contributed by atoms with Gasteiger partial charge in [-0.25, -0.2) is 8.42 Å². The van der Waals surface area contributed by atoms with E-state index in [4.69, 9.17) is 4.74 Å². The molecule has 6 nitrogen and oxygen atoms in total. The van der Waals surface area contributed by atoms with Crippen LogP contribution >= 0.6 is 0 Å². The maximum Gasteiger partial charge on any atom is 0.264 e. The van der Waals surface area contributed by atoms with Gasteiger partial charge in [0.2, 0.25) is 0 Å². The van der Waals surface area contributed by atoms with E-state index < -0.39 is 10.0 Å². The predicted molar refractivity (Wildman–Crippen MR) is 138 cm³/mol. The standard InChI is InChI=1S/C28H32N2O4S/c1-21(2)19-29(24-12-13-24)28(31)23-10-7-11-27(18-23)35(32,33)30(20-22-8-5-4-6-9-22)25-14-16-26(34-3)17-15-25/h4-11,14-18,21,24H,12-13,19-20H2,1-3H3. The number of ether oxygens (including phenoxy) is 1. The quantitative estimate of drug-likeness (QED) is 0.383. The third kappa shape index (κ3) is 5.85. The molecule has 3 aromatic rings. The molecular weight excluding hydrogens is 460 g/mol. The van der Waals surface area contributed by atoms with Gasteiger partial charge in [0.05, 0.1) is 24.2 Å². The first-order valence-electron chi connectivity index (χ1n) is 11.9. The van der Waals surface area contributed by atoms with Crippen molar-refractivity contribution in [2.24, 2.45) is 5.92 Å². The van der Waals surface area contributed by atoms with Gasteiger partial charge in [-0.2, -0.15) is 0 Å². The smallest absolute Gasteiger partial charge is 0.264 e. The van der Waals surface area contributed by atoms with E-state index in [2.05, 4.69) is 13.8 Å². The van der Waals surface area contributed by atoms with Crippen LogP contribution in [-0.2, 0) is 16.6 Å². The minimum atomic E-state index is -3.96. The molecule has 0 radical (unpaired) electrons. The molecule has 0 heterocycles. The third-order valence-electron chi connectivity index (χ3n) is 6.01. The highest BCUT2D eigenvalue weighted by Gasteiger charge is 2.34. The summed E-state index contributed by atoms with van der Waals surface area (Å²) in [6.45, 7) is 4.99. The zero-order valence-corrected chi connectivity index (χ0v) is 21.2. The Balaban J connectivity index is 1.70. The van der Waals surface area contributed by atoms with Gasteiger partial charge in [0.25, 0.3) is 15.9 Å². The van der Waals surface area contributed by atoms with Gasteiger partial charge in [-0.1, -0.05) is 50.2 Å². The first-order chi connectivity index (χ1) is 16.8. The van der Waals surface area contributed by atoms with Crippen molar-refractivity contribution in [1.82, 2.24) is 4.90 Å². The van der Waals surface area contributed by atoms with E-state index in [1.807, 2.05) is 35.2 Å². The van der Waals surface area contributed by atoms with E-state index in [1.165, 1.54) is 10.4 Å². The molecule has 35 heavy (non-hydrogen) atoms. The highest BCUT2D eigenvalue weighted by molar-refractivity contribution is 7.92. The molecule has 0 aliphatic heterocycles. The molecule has 0 atom stereocenters. The van der Waals surface area contributed by atoms with Crippen LogP contribution in [0.4, 0.5) is 5.69 Å². The maximum absolute atomic E-state index is 13.9. The van der Waals surface area contributed by atoms with Gasteiger partial charge in [0, 0.05) is 18.2 Å². The number of carbonyl (C=O) groups excluding carboxylic acids is 1.